The summed E-state index contributed by atoms with van der Waals surface area (Å²) in [6.07, 6.45) is 1.06. The Morgan fingerprint density at radius 2 is 1.56 bits per heavy atom. The van der Waals surface area contributed by atoms with Gasteiger partial charge in [-0.15, -0.1) is 0 Å². The average molecular weight is 281 g/mol. The summed E-state index contributed by atoms with van der Waals surface area (Å²) in [7, 11) is 0. The van der Waals surface area contributed by atoms with E-state index >= 15 is 0 Å². The number of halogens is 3. The SMILES string of the molecule is CC(C)(C)CCNc1cc(Cl)c(Cl)cc1Cl. The van der Waals surface area contributed by atoms with Gasteiger partial charge in [0.1, 0.15) is 0 Å². The molecule has 0 unspecified atom stereocenters. The van der Waals surface area contributed by atoms with Gasteiger partial charge in [0.25, 0.3) is 0 Å². The van der Waals surface area contributed by atoms with Crippen LogP contribution in [0.5, 0.6) is 0 Å². The van der Waals surface area contributed by atoms with Crippen molar-refractivity contribution < 1.29 is 0 Å². The molecule has 1 aromatic rings. The molecule has 0 bridgehead atoms. The van der Waals surface area contributed by atoms with Gasteiger partial charge >= 0.3 is 0 Å². The summed E-state index contributed by atoms with van der Waals surface area (Å²) in [5.41, 5.74) is 1.13. The molecule has 0 amide bonds. The number of hydrogen-bond donors (Lipinski definition) is 1. The molecule has 0 aliphatic rings. The minimum Gasteiger partial charge on any atom is -0.384 e. The third-order valence-corrected chi connectivity index (χ3v) is 3.24. The molecular weight excluding hydrogens is 264 g/mol. The van der Waals surface area contributed by atoms with Crippen molar-refractivity contribution in [3.8, 4) is 0 Å². The minimum atomic E-state index is 0.301. The molecule has 90 valence electrons. The van der Waals surface area contributed by atoms with Crippen molar-refractivity contribution in [1.29, 1.82) is 0 Å². The van der Waals surface area contributed by atoms with Gasteiger partial charge in [0.15, 0.2) is 0 Å². The molecule has 1 rings (SSSR count). The van der Waals surface area contributed by atoms with Gasteiger partial charge in [-0.05, 0) is 24.0 Å². The summed E-state index contributed by atoms with van der Waals surface area (Å²) in [4.78, 5) is 0. The third-order valence-electron chi connectivity index (χ3n) is 2.20. The zero-order chi connectivity index (χ0) is 12.3. The van der Waals surface area contributed by atoms with Crippen LogP contribution in [0.15, 0.2) is 12.1 Å². The molecule has 0 aromatic heterocycles. The fraction of sp³-hybridized carbons (Fsp3) is 0.500. The van der Waals surface area contributed by atoms with Crippen LogP contribution in [0, 0.1) is 5.41 Å². The third kappa shape index (κ3) is 4.40. The second kappa shape index (κ2) is 5.48. The molecule has 0 aliphatic carbocycles. The van der Waals surface area contributed by atoms with Crippen LogP contribution in [0.1, 0.15) is 27.2 Å². The van der Waals surface area contributed by atoms with Gasteiger partial charge in [-0.2, -0.15) is 0 Å². The smallest absolute Gasteiger partial charge is 0.0653 e. The molecule has 0 saturated heterocycles. The number of anilines is 1. The lowest BCUT2D eigenvalue weighted by Crippen LogP contribution is -2.13. The number of rotatable bonds is 3. The first-order valence-corrected chi connectivity index (χ1v) is 6.31. The van der Waals surface area contributed by atoms with Crippen LogP contribution < -0.4 is 5.32 Å². The monoisotopic (exact) mass is 279 g/mol. The van der Waals surface area contributed by atoms with Crippen LogP contribution in [0.4, 0.5) is 5.69 Å². The average Bonchev–Trinajstić information content (AvgIpc) is 2.11. The van der Waals surface area contributed by atoms with Gasteiger partial charge in [-0.25, -0.2) is 0 Å². The maximum Gasteiger partial charge on any atom is 0.0653 e. The van der Waals surface area contributed by atoms with Crippen molar-refractivity contribution in [1.82, 2.24) is 0 Å². The van der Waals surface area contributed by atoms with Crippen molar-refractivity contribution >= 4 is 40.5 Å². The predicted molar refractivity (Wildman–Crippen MR) is 74.0 cm³/mol. The van der Waals surface area contributed by atoms with Crippen molar-refractivity contribution in [2.24, 2.45) is 5.41 Å². The van der Waals surface area contributed by atoms with Crippen LogP contribution in [-0.2, 0) is 0 Å². The van der Waals surface area contributed by atoms with E-state index in [1.54, 1.807) is 12.1 Å². The zero-order valence-electron chi connectivity index (χ0n) is 9.70. The molecule has 4 heteroatoms. The van der Waals surface area contributed by atoms with Gasteiger partial charge in [0.2, 0.25) is 0 Å². The lowest BCUT2D eigenvalue weighted by atomic mass is 9.92. The van der Waals surface area contributed by atoms with Crippen molar-refractivity contribution in [3.05, 3.63) is 27.2 Å². The van der Waals surface area contributed by atoms with Crippen molar-refractivity contribution in [3.63, 3.8) is 0 Å². The highest BCUT2D eigenvalue weighted by Gasteiger charge is 2.10. The van der Waals surface area contributed by atoms with Gasteiger partial charge in [-0.1, -0.05) is 55.6 Å². The maximum atomic E-state index is 6.05. The van der Waals surface area contributed by atoms with E-state index in [0.29, 0.717) is 20.5 Å². The fourth-order valence-corrected chi connectivity index (χ4v) is 1.84. The second-order valence-corrected chi connectivity index (χ2v) is 6.21. The normalized spacial score (nSPS) is 11.6. The molecule has 1 nitrogen and oxygen atoms in total. The quantitative estimate of drug-likeness (QED) is 0.721. The summed E-state index contributed by atoms with van der Waals surface area (Å²) in [5.74, 6) is 0. The highest BCUT2D eigenvalue weighted by Crippen LogP contribution is 2.32. The molecular formula is C12H16Cl3N. The Kier molecular flexibility index (Phi) is 4.78. The fourth-order valence-electron chi connectivity index (χ4n) is 1.23. The van der Waals surface area contributed by atoms with Crippen LogP contribution in [-0.4, -0.2) is 6.54 Å². The number of hydrogen-bond acceptors (Lipinski definition) is 1. The molecule has 1 aromatic carbocycles. The summed E-state index contributed by atoms with van der Waals surface area (Å²) in [6.45, 7) is 7.46. The lowest BCUT2D eigenvalue weighted by molar-refractivity contribution is 0.390. The van der Waals surface area contributed by atoms with Gasteiger partial charge in [0.05, 0.1) is 20.8 Å². The first kappa shape index (κ1) is 14.0. The Bertz CT molecular complexity index is 369. The summed E-state index contributed by atoms with van der Waals surface area (Å²) >= 11 is 17.8. The predicted octanol–water partition coefficient (Wildman–Crippen LogP) is 5.49. The second-order valence-electron chi connectivity index (χ2n) is 4.98. The molecule has 1 N–H and O–H groups in total. The molecule has 0 spiro atoms. The van der Waals surface area contributed by atoms with Crippen molar-refractivity contribution in [2.75, 3.05) is 11.9 Å². The van der Waals surface area contributed by atoms with E-state index in [0.717, 1.165) is 18.7 Å². The van der Waals surface area contributed by atoms with Gasteiger partial charge in [-0.3, -0.25) is 0 Å². The van der Waals surface area contributed by atoms with E-state index in [4.69, 9.17) is 34.8 Å². The van der Waals surface area contributed by atoms with Crippen LogP contribution in [0.25, 0.3) is 0 Å². The molecule has 0 radical (unpaired) electrons. The van der Waals surface area contributed by atoms with E-state index in [1.807, 2.05) is 0 Å². The lowest BCUT2D eigenvalue weighted by Gasteiger charge is -2.19. The van der Waals surface area contributed by atoms with E-state index in [1.165, 1.54) is 0 Å². The molecule has 0 aliphatic heterocycles. The first-order valence-electron chi connectivity index (χ1n) is 5.18. The van der Waals surface area contributed by atoms with Crippen molar-refractivity contribution in [2.45, 2.75) is 27.2 Å². The Balaban J connectivity index is 2.64. The number of benzene rings is 1. The van der Waals surface area contributed by atoms with Crippen LogP contribution in [0.3, 0.4) is 0 Å². The Hall–Kier alpha value is -0.110. The Morgan fingerprint density at radius 1 is 1.00 bits per heavy atom. The van der Waals surface area contributed by atoms with E-state index < -0.39 is 0 Å². The summed E-state index contributed by atoms with van der Waals surface area (Å²) in [5, 5.41) is 4.86. The maximum absolute atomic E-state index is 6.05. The first-order chi connectivity index (χ1) is 7.29. The largest absolute Gasteiger partial charge is 0.384 e. The van der Waals surface area contributed by atoms with Crippen LogP contribution in [0.2, 0.25) is 15.1 Å². The highest BCUT2D eigenvalue weighted by molar-refractivity contribution is 6.44. The summed E-state index contributed by atoms with van der Waals surface area (Å²) < 4.78 is 0. The standard InChI is InChI=1S/C12H16Cl3N/c1-12(2,3)4-5-16-11-7-9(14)8(13)6-10(11)15/h6-7,16H,4-5H2,1-3H3. The highest BCUT2D eigenvalue weighted by atomic mass is 35.5. The Labute approximate surface area is 112 Å². The molecule has 16 heavy (non-hydrogen) atoms. The number of nitrogens with one attached hydrogen (secondary N) is 1. The van der Waals surface area contributed by atoms with E-state index in [-0.39, 0.29) is 0 Å². The topological polar surface area (TPSA) is 12.0 Å². The molecule has 0 saturated carbocycles. The minimum absolute atomic E-state index is 0.301. The Morgan fingerprint density at radius 3 is 2.12 bits per heavy atom. The molecule has 0 heterocycles. The molecule has 0 atom stereocenters. The zero-order valence-corrected chi connectivity index (χ0v) is 12.0. The summed E-state index contributed by atoms with van der Waals surface area (Å²) in [6, 6.07) is 3.42. The van der Waals surface area contributed by atoms with Gasteiger partial charge < -0.3 is 5.32 Å². The van der Waals surface area contributed by atoms with Crippen LogP contribution >= 0.6 is 34.8 Å². The van der Waals surface area contributed by atoms with E-state index in [2.05, 4.69) is 26.1 Å². The van der Waals surface area contributed by atoms with Gasteiger partial charge in [0, 0.05) is 6.54 Å². The van der Waals surface area contributed by atoms with E-state index in [9.17, 15) is 0 Å². The molecule has 0 fully saturated rings.